The van der Waals surface area contributed by atoms with E-state index < -0.39 is 6.04 Å². The fraction of sp³-hybridized carbons (Fsp3) is 0.556. The van der Waals surface area contributed by atoms with E-state index in [1.807, 2.05) is 0 Å². The second kappa shape index (κ2) is 4.91. The summed E-state index contributed by atoms with van der Waals surface area (Å²) in [7, 11) is 1.55. The number of likely N-dealkylation sites (N-methyl/N-ethyl adjacent to an activating group) is 1. The van der Waals surface area contributed by atoms with Gasteiger partial charge < -0.3 is 15.5 Å². The Bertz CT molecular complexity index is 404. The van der Waals surface area contributed by atoms with E-state index in [9.17, 15) is 9.59 Å². The zero-order valence-corrected chi connectivity index (χ0v) is 9.43. The second-order valence-corrected chi connectivity index (χ2v) is 3.67. The number of carbonyl (C=O) groups is 2. The maximum absolute atomic E-state index is 12.1. The molecule has 1 saturated heterocycles. The standard InChI is InChI=1S/C9H14N6O2/c1-10-8(16)6-4-11-2-3-15(6)9(17)7-12-5-13-14-7/h5-6,11H,2-4H2,1H3,(H,10,16)(H,12,13,14). The van der Waals surface area contributed by atoms with E-state index >= 15 is 0 Å². The number of aromatic nitrogens is 3. The van der Waals surface area contributed by atoms with Crippen molar-refractivity contribution in [3.8, 4) is 0 Å². The van der Waals surface area contributed by atoms with E-state index in [0.29, 0.717) is 19.6 Å². The molecule has 0 saturated carbocycles. The van der Waals surface area contributed by atoms with E-state index in [-0.39, 0.29) is 17.6 Å². The van der Waals surface area contributed by atoms with Crippen molar-refractivity contribution in [3.63, 3.8) is 0 Å². The molecule has 1 unspecified atom stereocenters. The first-order chi connectivity index (χ1) is 8.24. The average Bonchev–Trinajstić information content (AvgIpc) is 2.91. The van der Waals surface area contributed by atoms with Crippen LogP contribution >= 0.6 is 0 Å². The average molecular weight is 238 g/mol. The number of nitrogens with zero attached hydrogens (tertiary/aromatic N) is 3. The third kappa shape index (κ3) is 2.26. The van der Waals surface area contributed by atoms with Crippen molar-refractivity contribution in [2.75, 3.05) is 26.7 Å². The van der Waals surface area contributed by atoms with Gasteiger partial charge in [-0.3, -0.25) is 14.7 Å². The molecule has 1 aliphatic rings. The summed E-state index contributed by atoms with van der Waals surface area (Å²) >= 11 is 0. The molecular formula is C9H14N6O2. The Balaban J connectivity index is 2.16. The maximum Gasteiger partial charge on any atom is 0.291 e. The van der Waals surface area contributed by atoms with Crippen LogP contribution in [0.1, 0.15) is 10.6 Å². The number of amides is 2. The van der Waals surface area contributed by atoms with Crippen LogP contribution in [0.5, 0.6) is 0 Å². The largest absolute Gasteiger partial charge is 0.357 e. The van der Waals surface area contributed by atoms with Crippen molar-refractivity contribution < 1.29 is 9.59 Å². The van der Waals surface area contributed by atoms with Crippen LogP contribution in [-0.4, -0.2) is 64.6 Å². The Labute approximate surface area is 97.8 Å². The molecule has 0 bridgehead atoms. The number of nitrogens with one attached hydrogen (secondary N) is 3. The highest BCUT2D eigenvalue weighted by molar-refractivity contribution is 5.95. The van der Waals surface area contributed by atoms with Gasteiger partial charge in [0.05, 0.1) is 0 Å². The minimum absolute atomic E-state index is 0.154. The highest BCUT2D eigenvalue weighted by Crippen LogP contribution is 2.07. The van der Waals surface area contributed by atoms with Gasteiger partial charge in [-0.05, 0) is 0 Å². The van der Waals surface area contributed by atoms with Gasteiger partial charge in [0, 0.05) is 26.7 Å². The summed E-state index contributed by atoms with van der Waals surface area (Å²) in [6, 6.07) is -0.508. The van der Waals surface area contributed by atoms with Gasteiger partial charge in [-0.15, -0.1) is 0 Å². The highest BCUT2D eigenvalue weighted by atomic mass is 16.2. The van der Waals surface area contributed by atoms with Crippen LogP contribution in [-0.2, 0) is 4.79 Å². The molecule has 8 heteroatoms. The van der Waals surface area contributed by atoms with Crippen LogP contribution in [0.2, 0.25) is 0 Å². The first-order valence-corrected chi connectivity index (χ1v) is 5.32. The van der Waals surface area contributed by atoms with Crippen LogP contribution in [0.4, 0.5) is 0 Å². The van der Waals surface area contributed by atoms with Gasteiger partial charge in [0.1, 0.15) is 12.4 Å². The first kappa shape index (κ1) is 11.5. The summed E-state index contributed by atoms with van der Waals surface area (Å²) in [4.78, 5) is 29.0. The SMILES string of the molecule is CNC(=O)C1CNCCN1C(=O)c1ncn[nH]1. The fourth-order valence-electron chi connectivity index (χ4n) is 1.79. The lowest BCUT2D eigenvalue weighted by atomic mass is 10.1. The first-order valence-electron chi connectivity index (χ1n) is 5.32. The molecule has 1 aliphatic heterocycles. The van der Waals surface area contributed by atoms with Gasteiger partial charge >= 0.3 is 0 Å². The number of rotatable bonds is 2. The van der Waals surface area contributed by atoms with Crippen LogP contribution in [0.3, 0.4) is 0 Å². The van der Waals surface area contributed by atoms with Gasteiger partial charge in [-0.25, -0.2) is 4.98 Å². The molecule has 17 heavy (non-hydrogen) atoms. The zero-order valence-electron chi connectivity index (χ0n) is 9.43. The Kier molecular flexibility index (Phi) is 3.33. The molecule has 1 aromatic rings. The summed E-state index contributed by atoms with van der Waals surface area (Å²) in [5, 5.41) is 11.8. The molecule has 8 nitrogen and oxygen atoms in total. The molecule has 0 spiro atoms. The van der Waals surface area contributed by atoms with Crippen molar-refractivity contribution in [1.29, 1.82) is 0 Å². The zero-order chi connectivity index (χ0) is 12.3. The fourth-order valence-corrected chi connectivity index (χ4v) is 1.79. The quantitative estimate of drug-likeness (QED) is 0.551. The van der Waals surface area contributed by atoms with E-state index in [0.717, 1.165) is 0 Å². The topological polar surface area (TPSA) is 103 Å². The molecule has 1 fully saturated rings. The predicted octanol–water partition coefficient (Wildman–Crippen LogP) is -2.04. The number of H-pyrrole nitrogens is 1. The third-order valence-corrected chi connectivity index (χ3v) is 2.67. The van der Waals surface area contributed by atoms with Gasteiger partial charge in [0.2, 0.25) is 11.7 Å². The summed E-state index contributed by atoms with van der Waals surface area (Å²) in [6.07, 6.45) is 1.27. The number of carbonyl (C=O) groups excluding carboxylic acids is 2. The predicted molar refractivity (Wildman–Crippen MR) is 58.1 cm³/mol. The lowest BCUT2D eigenvalue weighted by Gasteiger charge is -2.34. The van der Waals surface area contributed by atoms with E-state index in [1.165, 1.54) is 11.2 Å². The van der Waals surface area contributed by atoms with E-state index in [4.69, 9.17) is 0 Å². The Morgan fingerprint density at radius 1 is 1.59 bits per heavy atom. The Morgan fingerprint density at radius 3 is 3.06 bits per heavy atom. The summed E-state index contributed by atoms with van der Waals surface area (Å²) in [5.74, 6) is -0.344. The molecule has 3 N–H and O–H groups in total. The number of piperazine rings is 1. The maximum atomic E-state index is 12.1. The van der Waals surface area contributed by atoms with Crippen molar-refractivity contribution in [2.24, 2.45) is 0 Å². The van der Waals surface area contributed by atoms with Crippen molar-refractivity contribution in [3.05, 3.63) is 12.2 Å². The highest BCUT2D eigenvalue weighted by Gasteiger charge is 2.33. The van der Waals surface area contributed by atoms with Gasteiger partial charge in [-0.2, -0.15) is 5.10 Å². The molecule has 0 aromatic carbocycles. The second-order valence-electron chi connectivity index (χ2n) is 3.67. The Hall–Kier alpha value is -1.96. The van der Waals surface area contributed by atoms with Crippen molar-refractivity contribution >= 4 is 11.8 Å². The smallest absolute Gasteiger partial charge is 0.291 e. The molecule has 0 radical (unpaired) electrons. The molecule has 1 aromatic heterocycles. The van der Waals surface area contributed by atoms with Crippen LogP contribution in [0.15, 0.2) is 6.33 Å². The summed E-state index contributed by atoms with van der Waals surface area (Å²) < 4.78 is 0. The van der Waals surface area contributed by atoms with Crippen molar-refractivity contribution in [2.45, 2.75) is 6.04 Å². The number of aromatic amines is 1. The van der Waals surface area contributed by atoms with Gasteiger partial charge in [0.25, 0.3) is 5.91 Å². The van der Waals surface area contributed by atoms with Crippen LogP contribution < -0.4 is 10.6 Å². The molecule has 2 amide bonds. The van der Waals surface area contributed by atoms with Gasteiger partial charge in [0.15, 0.2) is 0 Å². The number of hydrogen-bond acceptors (Lipinski definition) is 5. The molecular weight excluding hydrogens is 224 g/mol. The van der Waals surface area contributed by atoms with E-state index in [1.54, 1.807) is 7.05 Å². The minimum Gasteiger partial charge on any atom is -0.357 e. The summed E-state index contributed by atoms with van der Waals surface area (Å²) in [6.45, 7) is 1.57. The lowest BCUT2D eigenvalue weighted by molar-refractivity contribution is -0.125. The van der Waals surface area contributed by atoms with E-state index in [2.05, 4.69) is 25.8 Å². The van der Waals surface area contributed by atoms with Gasteiger partial charge in [-0.1, -0.05) is 0 Å². The Morgan fingerprint density at radius 2 is 2.41 bits per heavy atom. The summed E-state index contributed by atoms with van der Waals surface area (Å²) in [5.41, 5.74) is 0. The normalized spacial score (nSPS) is 20.1. The lowest BCUT2D eigenvalue weighted by Crippen LogP contribution is -2.59. The molecule has 0 aliphatic carbocycles. The molecule has 2 heterocycles. The third-order valence-electron chi connectivity index (χ3n) is 2.67. The molecule has 1 atom stereocenters. The minimum atomic E-state index is -0.508. The van der Waals surface area contributed by atoms with Crippen molar-refractivity contribution in [1.82, 2.24) is 30.7 Å². The number of hydrogen-bond donors (Lipinski definition) is 3. The van der Waals surface area contributed by atoms with Crippen LogP contribution in [0, 0.1) is 0 Å². The molecule has 2 rings (SSSR count). The van der Waals surface area contributed by atoms with Crippen LogP contribution in [0.25, 0.3) is 0 Å². The molecule has 92 valence electrons. The monoisotopic (exact) mass is 238 g/mol.